The van der Waals surface area contributed by atoms with Crippen molar-refractivity contribution in [2.75, 3.05) is 19.6 Å². The standard InChI is InChI=1S/C16H22N4O2/c21-16(17-12-15-2-1-9-22-15)14-4-7-20(8-5-14)6-3-13-10-18-19-11-13/h1-2,9-11,14H,3-8,12H2,(H,17,21)(H,18,19). The smallest absolute Gasteiger partial charge is 0.223 e. The number of aromatic amines is 1. The Morgan fingerprint density at radius 2 is 2.32 bits per heavy atom. The Labute approximate surface area is 129 Å². The number of nitrogens with one attached hydrogen (secondary N) is 2. The predicted molar refractivity (Wildman–Crippen MR) is 82.0 cm³/mol. The summed E-state index contributed by atoms with van der Waals surface area (Å²) in [6.07, 6.45) is 8.29. The Hall–Kier alpha value is -2.08. The summed E-state index contributed by atoms with van der Waals surface area (Å²) in [5.41, 5.74) is 1.23. The van der Waals surface area contributed by atoms with Crippen LogP contribution in [0, 0.1) is 5.92 Å². The molecule has 1 fully saturated rings. The molecule has 1 amide bonds. The molecule has 0 unspecified atom stereocenters. The van der Waals surface area contributed by atoms with E-state index in [-0.39, 0.29) is 11.8 Å². The molecule has 1 saturated heterocycles. The molecule has 3 rings (SSSR count). The minimum atomic E-state index is 0.125. The van der Waals surface area contributed by atoms with E-state index >= 15 is 0 Å². The molecule has 0 bridgehead atoms. The number of carbonyl (C=O) groups is 1. The fourth-order valence-electron chi connectivity index (χ4n) is 2.85. The van der Waals surface area contributed by atoms with Gasteiger partial charge in [0.05, 0.1) is 19.0 Å². The van der Waals surface area contributed by atoms with Crippen molar-refractivity contribution in [3.05, 3.63) is 42.1 Å². The van der Waals surface area contributed by atoms with Crippen LogP contribution in [0.15, 0.2) is 35.2 Å². The third-order valence-corrected chi connectivity index (χ3v) is 4.25. The third kappa shape index (κ3) is 3.98. The van der Waals surface area contributed by atoms with Crippen LogP contribution in [-0.2, 0) is 17.8 Å². The Kier molecular flexibility index (Phi) is 4.90. The van der Waals surface area contributed by atoms with E-state index in [1.54, 1.807) is 6.26 Å². The Balaban J connectivity index is 1.36. The first-order valence-corrected chi connectivity index (χ1v) is 7.81. The van der Waals surface area contributed by atoms with Crippen molar-refractivity contribution in [3.8, 4) is 0 Å². The molecule has 2 aromatic rings. The lowest BCUT2D eigenvalue weighted by Crippen LogP contribution is -2.41. The molecule has 0 atom stereocenters. The number of furan rings is 1. The lowest BCUT2D eigenvalue weighted by molar-refractivity contribution is -0.126. The first-order valence-electron chi connectivity index (χ1n) is 7.81. The number of likely N-dealkylation sites (tertiary alicyclic amines) is 1. The van der Waals surface area contributed by atoms with E-state index in [4.69, 9.17) is 4.42 Å². The van der Waals surface area contributed by atoms with Crippen LogP contribution in [0.1, 0.15) is 24.2 Å². The largest absolute Gasteiger partial charge is 0.467 e. The number of rotatable bonds is 6. The average molecular weight is 302 g/mol. The van der Waals surface area contributed by atoms with Crippen molar-refractivity contribution in [1.29, 1.82) is 0 Å². The highest BCUT2D eigenvalue weighted by molar-refractivity contribution is 5.78. The number of piperidine rings is 1. The monoisotopic (exact) mass is 302 g/mol. The summed E-state index contributed by atoms with van der Waals surface area (Å²) in [4.78, 5) is 14.6. The molecule has 0 spiro atoms. The van der Waals surface area contributed by atoms with Crippen LogP contribution in [0.3, 0.4) is 0 Å². The van der Waals surface area contributed by atoms with Crippen LogP contribution in [0.4, 0.5) is 0 Å². The quantitative estimate of drug-likeness (QED) is 0.849. The minimum absolute atomic E-state index is 0.125. The zero-order valence-corrected chi connectivity index (χ0v) is 12.6. The van der Waals surface area contributed by atoms with Gasteiger partial charge in [-0.25, -0.2) is 0 Å². The molecular weight excluding hydrogens is 280 g/mol. The lowest BCUT2D eigenvalue weighted by Gasteiger charge is -2.31. The number of H-pyrrole nitrogens is 1. The van der Waals surface area contributed by atoms with Crippen LogP contribution < -0.4 is 5.32 Å². The van der Waals surface area contributed by atoms with Gasteiger partial charge < -0.3 is 14.6 Å². The van der Waals surface area contributed by atoms with Crippen molar-refractivity contribution >= 4 is 5.91 Å². The minimum Gasteiger partial charge on any atom is -0.467 e. The SMILES string of the molecule is O=C(NCc1ccco1)C1CCN(CCc2cn[nH]c2)CC1. The maximum atomic E-state index is 12.2. The van der Waals surface area contributed by atoms with Crippen LogP contribution in [0.2, 0.25) is 0 Å². The molecule has 0 aromatic carbocycles. The summed E-state index contributed by atoms with van der Waals surface area (Å²) in [6, 6.07) is 3.71. The third-order valence-electron chi connectivity index (χ3n) is 4.25. The van der Waals surface area contributed by atoms with Gasteiger partial charge in [-0.1, -0.05) is 0 Å². The molecule has 1 aliphatic heterocycles. The molecule has 0 aliphatic carbocycles. The summed E-state index contributed by atoms with van der Waals surface area (Å²) < 4.78 is 5.23. The summed E-state index contributed by atoms with van der Waals surface area (Å²) in [7, 11) is 0. The maximum absolute atomic E-state index is 12.2. The molecule has 0 radical (unpaired) electrons. The van der Waals surface area contributed by atoms with Crippen LogP contribution in [-0.4, -0.2) is 40.6 Å². The molecular formula is C16H22N4O2. The highest BCUT2D eigenvalue weighted by Gasteiger charge is 2.24. The van der Waals surface area contributed by atoms with E-state index in [2.05, 4.69) is 20.4 Å². The first kappa shape index (κ1) is 14.8. The van der Waals surface area contributed by atoms with E-state index in [0.29, 0.717) is 6.54 Å². The van der Waals surface area contributed by atoms with E-state index in [1.165, 1.54) is 5.56 Å². The summed E-state index contributed by atoms with van der Waals surface area (Å²) in [6.45, 7) is 3.47. The van der Waals surface area contributed by atoms with Crippen LogP contribution >= 0.6 is 0 Å². The normalized spacial score (nSPS) is 16.7. The molecule has 2 aromatic heterocycles. The second kappa shape index (κ2) is 7.26. The number of aromatic nitrogens is 2. The molecule has 6 heteroatoms. The second-order valence-electron chi connectivity index (χ2n) is 5.77. The van der Waals surface area contributed by atoms with Gasteiger partial charge in [-0.2, -0.15) is 5.10 Å². The topological polar surface area (TPSA) is 74.2 Å². The number of nitrogens with zero attached hydrogens (tertiary/aromatic N) is 2. The fraction of sp³-hybridized carbons (Fsp3) is 0.500. The number of carbonyl (C=O) groups excluding carboxylic acids is 1. The Morgan fingerprint density at radius 3 is 3.00 bits per heavy atom. The summed E-state index contributed by atoms with van der Waals surface area (Å²) >= 11 is 0. The summed E-state index contributed by atoms with van der Waals surface area (Å²) in [5.74, 6) is 1.07. The van der Waals surface area contributed by atoms with E-state index in [0.717, 1.165) is 44.7 Å². The van der Waals surface area contributed by atoms with Gasteiger partial charge in [0.25, 0.3) is 0 Å². The van der Waals surface area contributed by atoms with Gasteiger partial charge in [-0.3, -0.25) is 9.89 Å². The maximum Gasteiger partial charge on any atom is 0.223 e. The molecule has 22 heavy (non-hydrogen) atoms. The zero-order chi connectivity index (χ0) is 15.2. The Morgan fingerprint density at radius 1 is 1.45 bits per heavy atom. The van der Waals surface area contributed by atoms with E-state index in [1.807, 2.05) is 24.5 Å². The fourth-order valence-corrected chi connectivity index (χ4v) is 2.85. The van der Waals surface area contributed by atoms with Gasteiger partial charge in [0, 0.05) is 18.7 Å². The summed E-state index contributed by atoms with van der Waals surface area (Å²) in [5, 5.41) is 9.75. The second-order valence-corrected chi connectivity index (χ2v) is 5.77. The highest BCUT2D eigenvalue weighted by atomic mass is 16.3. The molecule has 6 nitrogen and oxygen atoms in total. The van der Waals surface area contributed by atoms with Crippen molar-refractivity contribution in [2.24, 2.45) is 5.92 Å². The molecule has 2 N–H and O–H groups in total. The lowest BCUT2D eigenvalue weighted by atomic mass is 9.95. The van der Waals surface area contributed by atoms with Gasteiger partial charge >= 0.3 is 0 Å². The molecule has 118 valence electrons. The van der Waals surface area contributed by atoms with Crippen LogP contribution in [0.25, 0.3) is 0 Å². The van der Waals surface area contributed by atoms with Crippen molar-refractivity contribution in [3.63, 3.8) is 0 Å². The van der Waals surface area contributed by atoms with Gasteiger partial charge in [0.2, 0.25) is 5.91 Å². The molecule has 3 heterocycles. The zero-order valence-electron chi connectivity index (χ0n) is 12.6. The predicted octanol–water partition coefficient (Wildman–Crippen LogP) is 1.57. The van der Waals surface area contributed by atoms with Gasteiger partial charge in [0.15, 0.2) is 0 Å². The van der Waals surface area contributed by atoms with Gasteiger partial charge in [-0.05, 0) is 50.0 Å². The number of hydrogen-bond acceptors (Lipinski definition) is 4. The van der Waals surface area contributed by atoms with Crippen LogP contribution in [0.5, 0.6) is 0 Å². The van der Waals surface area contributed by atoms with Crippen molar-refractivity contribution in [2.45, 2.75) is 25.8 Å². The average Bonchev–Trinajstić information content (AvgIpc) is 3.24. The molecule has 1 aliphatic rings. The number of hydrogen-bond donors (Lipinski definition) is 2. The van der Waals surface area contributed by atoms with Crippen molar-refractivity contribution < 1.29 is 9.21 Å². The molecule has 0 saturated carbocycles. The first-order chi connectivity index (χ1) is 10.8. The van der Waals surface area contributed by atoms with Gasteiger partial charge in [-0.15, -0.1) is 0 Å². The number of amides is 1. The highest BCUT2D eigenvalue weighted by Crippen LogP contribution is 2.18. The van der Waals surface area contributed by atoms with Gasteiger partial charge in [0.1, 0.15) is 5.76 Å². The van der Waals surface area contributed by atoms with Crippen molar-refractivity contribution in [1.82, 2.24) is 20.4 Å². The van der Waals surface area contributed by atoms with E-state index in [9.17, 15) is 4.79 Å². The van der Waals surface area contributed by atoms with E-state index < -0.39 is 0 Å². The Bertz CT molecular complexity index is 557.